The Balaban J connectivity index is 1.40. The Kier molecular flexibility index (Phi) is 8.04. The standard InChI is InChI=1S/C23H24N4O5S3/c1-4-32-21(30)17-14-9-7-11-16(14)34-20(17)24-18(28)12(2)33-23-27-26-22(35-23)25-19(29)13-8-5-6-10-15(13)31-3/h5-6,8,10,12H,4,7,9,11H2,1-3H3,(H,24,28)(H,25,26,29). The van der Waals surface area contributed by atoms with Crippen LogP contribution in [0.15, 0.2) is 28.6 Å². The lowest BCUT2D eigenvalue weighted by atomic mass is 10.1. The largest absolute Gasteiger partial charge is 0.496 e. The number of carbonyl (C=O) groups is 3. The van der Waals surface area contributed by atoms with Crippen LogP contribution < -0.4 is 15.4 Å². The van der Waals surface area contributed by atoms with Crippen LogP contribution in [0.4, 0.5) is 10.1 Å². The van der Waals surface area contributed by atoms with Crippen LogP contribution >= 0.6 is 34.4 Å². The van der Waals surface area contributed by atoms with Crippen LogP contribution in [0.3, 0.4) is 0 Å². The molecule has 2 aromatic heterocycles. The summed E-state index contributed by atoms with van der Waals surface area (Å²) in [6.45, 7) is 3.78. The highest BCUT2D eigenvalue weighted by atomic mass is 32.2. The summed E-state index contributed by atoms with van der Waals surface area (Å²) in [5.74, 6) is -0.563. The first-order valence-corrected chi connectivity index (χ1v) is 13.5. The van der Waals surface area contributed by atoms with E-state index in [2.05, 4.69) is 20.8 Å². The molecule has 3 aromatic rings. The molecule has 0 radical (unpaired) electrons. The Morgan fingerprint density at radius 1 is 1.14 bits per heavy atom. The summed E-state index contributed by atoms with van der Waals surface area (Å²) in [6.07, 6.45) is 2.72. The first-order valence-electron chi connectivity index (χ1n) is 11.0. The van der Waals surface area contributed by atoms with Crippen molar-refractivity contribution in [1.82, 2.24) is 10.2 Å². The van der Waals surface area contributed by atoms with Crippen LogP contribution in [0.2, 0.25) is 0 Å². The number of anilines is 2. The summed E-state index contributed by atoms with van der Waals surface area (Å²) in [4.78, 5) is 39.1. The quantitative estimate of drug-likeness (QED) is 0.232. The number of ether oxygens (including phenoxy) is 2. The third-order valence-electron chi connectivity index (χ3n) is 5.26. The monoisotopic (exact) mass is 532 g/mol. The second kappa shape index (κ2) is 11.2. The highest BCUT2D eigenvalue weighted by Gasteiger charge is 2.29. The second-order valence-corrected chi connectivity index (χ2v) is 11.2. The SMILES string of the molecule is CCOC(=O)c1c(NC(=O)C(C)Sc2nnc(NC(=O)c3ccccc3OC)s2)sc2c1CCC2. The van der Waals surface area contributed by atoms with Gasteiger partial charge in [0, 0.05) is 4.88 Å². The van der Waals surface area contributed by atoms with E-state index >= 15 is 0 Å². The molecule has 1 aromatic carbocycles. The molecule has 0 spiro atoms. The van der Waals surface area contributed by atoms with Crippen molar-refractivity contribution < 1.29 is 23.9 Å². The lowest BCUT2D eigenvalue weighted by Crippen LogP contribution is -2.23. The zero-order chi connectivity index (χ0) is 24.9. The number of para-hydroxylation sites is 1. The number of hydrogen-bond acceptors (Lipinski definition) is 10. The van der Waals surface area contributed by atoms with Gasteiger partial charge in [-0.05, 0) is 50.8 Å². The lowest BCUT2D eigenvalue weighted by Gasteiger charge is -2.11. The van der Waals surface area contributed by atoms with E-state index in [9.17, 15) is 14.4 Å². The zero-order valence-corrected chi connectivity index (χ0v) is 21.8. The number of amides is 2. The number of carbonyl (C=O) groups excluding carboxylic acids is 3. The van der Waals surface area contributed by atoms with Gasteiger partial charge in [0.2, 0.25) is 11.0 Å². The molecule has 184 valence electrons. The summed E-state index contributed by atoms with van der Waals surface area (Å²) >= 11 is 3.84. The second-order valence-electron chi connectivity index (χ2n) is 7.56. The first kappa shape index (κ1) is 25.1. The molecule has 0 saturated heterocycles. The van der Waals surface area contributed by atoms with Crippen LogP contribution in [0.5, 0.6) is 5.75 Å². The summed E-state index contributed by atoms with van der Waals surface area (Å²) in [5, 5.41) is 14.0. The van der Waals surface area contributed by atoms with Crippen molar-refractivity contribution in [2.75, 3.05) is 24.4 Å². The smallest absolute Gasteiger partial charge is 0.341 e. The van der Waals surface area contributed by atoms with E-state index in [1.807, 2.05) is 0 Å². The van der Waals surface area contributed by atoms with Gasteiger partial charge < -0.3 is 14.8 Å². The highest BCUT2D eigenvalue weighted by Crippen LogP contribution is 2.40. The molecule has 0 bridgehead atoms. The van der Waals surface area contributed by atoms with Gasteiger partial charge in [-0.2, -0.15) is 0 Å². The van der Waals surface area contributed by atoms with Crippen molar-refractivity contribution in [3.05, 3.63) is 45.8 Å². The molecule has 35 heavy (non-hydrogen) atoms. The molecule has 2 heterocycles. The van der Waals surface area contributed by atoms with Crippen molar-refractivity contribution in [3.63, 3.8) is 0 Å². The number of benzene rings is 1. The van der Waals surface area contributed by atoms with Gasteiger partial charge in [0.25, 0.3) is 5.91 Å². The minimum Gasteiger partial charge on any atom is -0.496 e. The number of aromatic nitrogens is 2. The summed E-state index contributed by atoms with van der Waals surface area (Å²) in [5.41, 5.74) is 1.85. The normalized spacial score (nSPS) is 13.1. The summed E-state index contributed by atoms with van der Waals surface area (Å²) < 4.78 is 11.0. The summed E-state index contributed by atoms with van der Waals surface area (Å²) in [7, 11) is 1.50. The predicted octanol–water partition coefficient (Wildman–Crippen LogP) is 4.65. The van der Waals surface area contributed by atoms with Crippen molar-refractivity contribution in [1.29, 1.82) is 0 Å². The van der Waals surface area contributed by atoms with Crippen molar-refractivity contribution in [2.24, 2.45) is 0 Å². The minimum absolute atomic E-state index is 0.254. The first-order chi connectivity index (χ1) is 16.9. The van der Waals surface area contributed by atoms with Gasteiger partial charge in [-0.25, -0.2) is 4.79 Å². The molecule has 2 N–H and O–H groups in total. The minimum atomic E-state index is -0.507. The van der Waals surface area contributed by atoms with Crippen molar-refractivity contribution in [3.8, 4) is 5.75 Å². The Morgan fingerprint density at radius 2 is 1.94 bits per heavy atom. The molecular formula is C23H24N4O5S3. The molecule has 1 unspecified atom stereocenters. The average Bonchev–Trinajstić information content (AvgIpc) is 3.55. The van der Waals surface area contributed by atoms with Crippen LogP contribution in [0.25, 0.3) is 0 Å². The fraction of sp³-hybridized carbons (Fsp3) is 0.348. The maximum absolute atomic E-state index is 12.9. The van der Waals surface area contributed by atoms with E-state index in [0.29, 0.717) is 31.3 Å². The van der Waals surface area contributed by atoms with Crippen LogP contribution in [0, 0.1) is 0 Å². The van der Waals surface area contributed by atoms with Gasteiger partial charge in [-0.3, -0.25) is 14.9 Å². The molecule has 0 saturated carbocycles. The van der Waals surface area contributed by atoms with Gasteiger partial charge in [0.1, 0.15) is 10.8 Å². The molecule has 0 aliphatic heterocycles. The van der Waals surface area contributed by atoms with Gasteiger partial charge in [-0.1, -0.05) is 35.2 Å². The zero-order valence-electron chi connectivity index (χ0n) is 19.4. The molecule has 1 aliphatic carbocycles. The van der Waals surface area contributed by atoms with E-state index in [4.69, 9.17) is 9.47 Å². The fourth-order valence-corrected chi connectivity index (χ4v) is 6.81. The maximum atomic E-state index is 12.9. The number of hydrogen-bond donors (Lipinski definition) is 2. The van der Waals surface area contributed by atoms with Crippen LogP contribution in [-0.2, 0) is 22.4 Å². The lowest BCUT2D eigenvalue weighted by molar-refractivity contribution is -0.115. The van der Waals surface area contributed by atoms with Gasteiger partial charge in [-0.15, -0.1) is 21.5 Å². The Bertz CT molecular complexity index is 1260. The predicted molar refractivity (Wildman–Crippen MR) is 137 cm³/mol. The Labute approximate surface area is 214 Å². The highest BCUT2D eigenvalue weighted by molar-refractivity contribution is 8.02. The molecule has 2 amide bonds. The third kappa shape index (κ3) is 5.65. The Hall–Kier alpha value is -2.96. The topological polar surface area (TPSA) is 120 Å². The van der Waals surface area contributed by atoms with Gasteiger partial charge in [0.05, 0.1) is 30.1 Å². The van der Waals surface area contributed by atoms with E-state index in [1.54, 1.807) is 38.1 Å². The fourth-order valence-electron chi connectivity index (χ4n) is 3.63. The number of esters is 1. The number of thioether (sulfide) groups is 1. The number of fused-ring (bicyclic) bond motifs is 1. The number of thiophene rings is 1. The average molecular weight is 533 g/mol. The molecule has 9 nitrogen and oxygen atoms in total. The van der Waals surface area contributed by atoms with Crippen LogP contribution in [-0.4, -0.2) is 46.9 Å². The third-order valence-corrected chi connectivity index (χ3v) is 8.49. The molecule has 1 atom stereocenters. The number of aryl methyl sites for hydroxylation is 1. The van der Waals surface area contributed by atoms with E-state index in [1.165, 1.54) is 41.5 Å². The molecular weight excluding hydrogens is 508 g/mol. The number of methoxy groups -OCH3 is 1. The Morgan fingerprint density at radius 3 is 2.71 bits per heavy atom. The van der Waals surface area contributed by atoms with Gasteiger partial charge in [0.15, 0.2) is 4.34 Å². The maximum Gasteiger partial charge on any atom is 0.341 e. The number of nitrogens with zero attached hydrogens (tertiary/aromatic N) is 2. The van der Waals surface area contributed by atoms with Crippen LogP contribution in [0.1, 0.15) is 51.4 Å². The van der Waals surface area contributed by atoms with Crippen molar-refractivity contribution in [2.45, 2.75) is 42.7 Å². The summed E-state index contributed by atoms with van der Waals surface area (Å²) in [6, 6.07) is 6.88. The van der Waals surface area contributed by atoms with E-state index < -0.39 is 11.2 Å². The molecule has 4 rings (SSSR count). The molecule has 1 aliphatic rings. The number of rotatable bonds is 9. The van der Waals surface area contributed by atoms with Gasteiger partial charge >= 0.3 is 5.97 Å². The van der Waals surface area contributed by atoms with E-state index in [0.717, 1.165) is 29.7 Å². The van der Waals surface area contributed by atoms with Crippen molar-refractivity contribution >= 4 is 62.4 Å². The molecule has 0 fully saturated rings. The van der Waals surface area contributed by atoms with E-state index in [-0.39, 0.29) is 18.4 Å². The number of nitrogens with one attached hydrogen (secondary N) is 2. The molecule has 12 heteroatoms.